The molecule has 17 heavy (non-hydrogen) atoms. The first-order chi connectivity index (χ1) is 7.57. The third kappa shape index (κ3) is 10.0. The number of thiol groups is 2. The molecule has 0 aliphatic rings. The molecule has 2 unspecified atom stereocenters. The van der Waals surface area contributed by atoms with Gasteiger partial charge in [0.1, 0.15) is 12.5 Å². The van der Waals surface area contributed by atoms with E-state index in [1.807, 2.05) is 0 Å². The average molecular weight is 329 g/mol. The van der Waals surface area contributed by atoms with E-state index in [0.29, 0.717) is 0 Å². The van der Waals surface area contributed by atoms with Crippen LogP contribution in [0.1, 0.15) is 0 Å². The molecule has 0 amide bonds. The predicted octanol–water partition coefficient (Wildman–Crippen LogP) is -1.27. The van der Waals surface area contributed by atoms with Crippen LogP contribution < -0.4 is 5.32 Å². The third-order valence-electron chi connectivity index (χ3n) is 1.18. The second kappa shape index (κ2) is 7.10. The van der Waals surface area contributed by atoms with Crippen LogP contribution in [0.4, 0.5) is 0 Å². The molecule has 0 aromatic carbocycles. The Balaban J connectivity index is 4.53. The van der Waals surface area contributed by atoms with Crippen LogP contribution in [0.15, 0.2) is 0 Å². The Morgan fingerprint density at radius 3 is 1.41 bits per heavy atom. The highest BCUT2D eigenvalue weighted by molar-refractivity contribution is 7.81. The summed E-state index contributed by atoms with van der Waals surface area (Å²) in [6.45, 7) is 0. The van der Waals surface area contributed by atoms with Crippen molar-refractivity contribution in [2.24, 2.45) is 0 Å². The monoisotopic (exact) mass is 329 g/mol. The molecule has 0 heterocycles. The van der Waals surface area contributed by atoms with Gasteiger partial charge in [-0.25, -0.2) is 8.37 Å². The lowest BCUT2D eigenvalue weighted by atomic mass is 10.5. The molecule has 0 bridgehead atoms. The Hall–Kier alpha value is 0.400. The van der Waals surface area contributed by atoms with Gasteiger partial charge in [-0.05, 0) is 0 Å². The lowest BCUT2D eigenvalue weighted by molar-refractivity contribution is 0.0893. The fourth-order valence-corrected chi connectivity index (χ4v) is 2.12. The quantitative estimate of drug-likeness (QED) is 0.209. The summed E-state index contributed by atoms with van der Waals surface area (Å²) in [6.07, 6.45) is -2.71. The second-order valence-electron chi connectivity index (χ2n) is 2.56. The number of hydrogen-bond donors (Lipinski definition) is 5. The normalized spacial score (nSPS) is 16.7. The van der Waals surface area contributed by atoms with Crippen LogP contribution in [0.3, 0.4) is 0 Å². The number of nitrogens with one attached hydrogen (secondary N) is 1. The van der Waals surface area contributed by atoms with Crippen LogP contribution in [0, 0.1) is 0 Å². The van der Waals surface area contributed by atoms with E-state index >= 15 is 0 Å². The molecule has 0 saturated carbocycles. The fourth-order valence-electron chi connectivity index (χ4n) is 0.723. The van der Waals surface area contributed by atoms with Crippen molar-refractivity contribution >= 4 is 46.1 Å². The zero-order valence-corrected chi connectivity index (χ0v) is 11.5. The van der Waals surface area contributed by atoms with Gasteiger partial charge >= 0.3 is 20.8 Å². The van der Waals surface area contributed by atoms with E-state index in [0.717, 1.165) is 0 Å². The maximum atomic E-state index is 10.4. The van der Waals surface area contributed by atoms with Crippen molar-refractivity contribution in [3.8, 4) is 0 Å². The van der Waals surface area contributed by atoms with E-state index in [1.54, 1.807) is 0 Å². The molecular formula is C4H11NO8S4. The molecule has 9 nitrogen and oxygen atoms in total. The minimum Gasteiger partial charge on any atom is -0.263 e. The molecule has 2 atom stereocenters. The van der Waals surface area contributed by atoms with Gasteiger partial charge in [0.25, 0.3) is 0 Å². The van der Waals surface area contributed by atoms with Gasteiger partial charge < -0.3 is 0 Å². The van der Waals surface area contributed by atoms with Crippen molar-refractivity contribution in [1.29, 1.82) is 0 Å². The predicted molar refractivity (Wildman–Crippen MR) is 63.7 cm³/mol. The van der Waals surface area contributed by atoms with Gasteiger partial charge in [-0.15, -0.1) is 0 Å². The summed E-state index contributed by atoms with van der Waals surface area (Å²) < 4.78 is 66.5. The first-order valence-electron chi connectivity index (χ1n) is 3.86. The van der Waals surface area contributed by atoms with E-state index in [4.69, 9.17) is 9.11 Å². The first kappa shape index (κ1) is 17.4. The molecule has 0 spiro atoms. The summed E-state index contributed by atoms with van der Waals surface area (Å²) in [7, 11) is -9.47. The highest BCUT2D eigenvalue weighted by Gasteiger charge is 2.22. The van der Waals surface area contributed by atoms with E-state index in [1.165, 1.54) is 0 Å². The minimum atomic E-state index is -4.74. The first-order valence-corrected chi connectivity index (χ1v) is 7.86. The number of hydrogen-bond acceptors (Lipinski definition) is 9. The van der Waals surface area contributed by atoms with Crippen molar-refractivity contribution in [3.63, 3.8) is 0 Å². The van der Waals surface area contributed by atoms with Crippen molar-refractivity contribution in [3.05, 3.63) is 0 Å². The summed E-state index contributed by atoms with van der Waals surface area (Å²) in [5, 5.41) is 2.19. The van der Waals surface area contributed by atoms with Crippen LogP contribution in [0.2, 0.25) is 0 Å². The van der Waals surface area contributed by atoms with E-state index in [9.17, 15) is 16.8 Å². The lowest BCUT2D eigenvalue weighted by Gasteiger charge is -2.20. The molecule has 104 valence electrons. The van der Waals surface area contributed by atoms with Gasteiger partial charge in [0.15, 0.2) is 0 Å². The van der Waals surface area contributed by atoms with Crippen molar-refractivity contribution in [2.75, 3.05) is 11.5 Å². The Labute approximate surface area is 110 Å². The summed E-state index contributed by atoms with van der Waals surface area (Å²) in [5.41, 5.74) is 0. The van der Waals surface area contributed by atoms with E-state index in [-0.39, 0.29) is 11.5 Å². The summed E-state index contributed by atoms with van der Waals surface area (Å²) in [6, 6.07) is 0. The van der Waals surface area contributed by atoms with Crippen molar-refractivity contribution in [2.45, 2.75) is 12.5 Å². The SMILES string of the molecule is O=S(=O)(O)OC(CS)NC(CS)OS(=O)(=O)O. The molecule has 3 N–H and O–H groups in total. The van der Waals surface area contributed by atoms with Crippen LogP contribution in [0.25, 0.3) is 0 Å². The van der Waals surface area contributed by atoms with Crippen LogP contribution in [0.5, 0.6) is 0 Å². The Morgan fingerprint density at radius 2 is 1.24 bits per heavy atom. The van der Waals surface area contributed by atoms with Gasteiger partial charge in [-0.1, -0.05) is 0 Å². The molecule has 0 aromatic rings. The summed E-state index contributed by atoms with van der Waals surface area (Å²) in [4.78, 5) is 0. The van der Waals surface area contributed by atoms with Crippen molar-refractivity contribution in [1.82, 2.24) is 5.32 Å². The van der Waals surface area contributed by atoms with Gasteiger partial charge in [0.2, 0.25) is 0 Å². The largest absolute Gasteiger partial charge is 0.398 e. The zero-order chi connectivity index (χ0) is 13.7. The molecule has 0 rings (SSSR count). The van der Waals surface area contributed by atoms with Crippen LogP contribution in [-0.4, -0.2) is 49.9 Å². The van der Waals surface area contributed by atoms with Gasteiger partial charge in [0.05, 0.1) is 0 Å². The smallest absolute Gasteiger partial charge is 0.263 e. The maximum Gasteiger partial charge on any atom is 0.398 e. The molecule has 0 aromatic heterocycles. The van der Waals surface area contributed by atoms with E-state index < -0.39 is 33.3 Å². The highest BCUT2D eigenvalue weighted by Crippen LogP contribution is 2.03. The van der Waals surface area contributed by atoms with Crippen LogP contribution >= 0.6 is 25.3 Å². The maximum absolute atomic E-state index is 10.4. The second-order valence-corrected chi connectivity index (χ2v) is 5.38. The van der Waals surface area contributed by atoms with Gasteiger partial charge in [0, 0.05) is 11.5 Å². The lowest BCUT2D eigenvalue weighted by Crippen LogP contribution is -2.45. The van der Waals surface area contributed by atoms with E-state index in [2.05, 4.69) is 38.9 Å². The Morgan fingerprint density at radius 1 is 0.941 bits per heavy atom. The van der Waals surface area contributed by atoms with Gasteiger partial charge in [-0.2, -0.15) is 42.1 Å². The van der Waals surface area contributed by atoms with Gasteiger partial charge in [-0.3, -0.25) is 14.4 Å². The summed E-state index contributed by atoms with van der Waals surface area (Å²) in [5.74, 6) is -0.447. The average Bonchev–Trinajstić information content (AvgIpc) is 2.11. The molecule has 0 aliphatic carbocycles. The highest BCUT2D eigenvalue weighted by atomic mass is 32.3. The minimum absolute atomic E-state index is 0.223. The van der Waals surface area contributed by atoms with Crippen LogP contribution in [-0.2, 0) is 29.2 Å². The zero-order valence-electron chi connectivity index (χ0n) is 8.12. The topological polar surface area (TPSA) is 139 Å². The molecular weight excluding hydrogens is 318 g/mol. The Bertz CT molecular complexity index is 377. The molecule has 0 saturated heterocycles. The molecule has 13 heteroatoms. The number of rotatable bonds is 8. The standard InChI is InChI=1S/C4H11NO8S4/c6-16(7,8)12-3(1-14)5-4(2-15)13-17(9,10)11/h3-5,14-15H,1-2H2,(H,6,7,8)(H,9,10,11). The summed E-state index contributed by atoms with van der Waals surface area (Å²) >= 11 is 7.39. The molecule has 0 radical (unpaired) electrons. The van der Waals surface area contributed by atoms with Crippen molar-refractivity contribution < 1.29 is 34.3 Å². The Kier molecular flexibility index (Phi) is 7.27. The fraction of sp³-hybridized carbons (Fsp3) is 1.00. The third-order valence-corrected chi connectivity index (χ3v) is 2.79. The molecule has 0 aliphatic heterocycles. The molecule has 0 fully saturated rings.